The smallest absolute Gasteiger partial charge is 0.326 e. The summed E-state index contributed by atoms with van der Waals surface area (Å²) in [5.41, 5.74) is 13.2. The van der Waals surface area contributed by atoms with Gasteiger partial charge in [-0.1, -0.05) is 42.5 Å². The molecule has 9 N–H and O–H groups in total. The SMILES string of the molecule is CSCCC(NC(=O)C(Cc1ccccc1)NC(=O)C(N)Cc1ccc(O)cc1)C(=O)NC(CCCCN)C(=O)O. The van der Waals surface area contributed by atoms with E-state index in [1.807, 2.05) is 36.6 Å². The van der Waals surface area contributed by atoms with Crippen molar-refractivity contribution >= 4 is 35.5 Å². The third-order valence-electron chi connectivity index (χ3n) is 6.45. The minimum atomic E-state index is -1.16. The molecule has 0 saturated heterocycles. The molecular formula is C29H41N5O6S. The highest BCUT2D eigenvalue weighted by Crippen LogP contribution is 2.12. The Morgan fingerprint density at radius 2 is 1.37 bits per heavy atom. The highest BCUT2D eigenvalue weighted by Gasteiger charge is 2.30. The Morgan fingerprint density at radius 1 is 0.780 bits per heavy atom. The lowest BCUT2D eigenvalue weighted by Gasteiger charge is -2.25. The number of amides is 3. The number of aliphatic carboxylic acids is 1. The first-order valence-corrected chi connectivity index (χ1v) is 14.9. The fraction of sp³-hybridized carbons (Fsp3) is 0.448. The summed E-state index contributed by atoms with van der Waals surface area (Å²) >= 11 is 1.48. The minimum absolute atomic E-state index is 0.0941. The average molecular weight is 588 g/mol. The summed E-state index contributed by atoms with van der Waals surface area (Å²) in [5, 5.41) is 27.1. The van der Waals surface area contributed by atoms with Crippen LogP contribution < -0.4 is 27.4 Å². The van der Waals surface area contributed by atoms with Gasteiger partial charge in [0.25, 0.3) is 0 Å². The molecule has 2 aromatic rings. The number of thioether (sulfide) groups is 1. The van der Waals surface area contributed by atoms with E-state index >= 15 is 0 Å². The number of phenolic OH excluding ortho intramolecular Hbond substituents is 1. The fourth-order valence-corrected chi connectivity index (χ4v) is 4.59. The molecular weight excluding hydrogens is 546 g/mol. The van der Waals surface area contributed by atoms with E-state index in [1.54, 1.807) is 12.1 Å². The Morgan fingerprint density at radius 3 is 1.98 bits per heavy atom. The van der Waals surface area contributed by atoms with Crippen molar-refractivity contribution in [1.29, 1.82) is 0 Å². The molecule has 0 radical (unpaired) electrons. The van der Waals surface area contributed by atoms with Crippen LogP contribution in [0.2, 0.25) is 0 Å². The first-order valence-electron chi connectivity index (χ1n) is 13.5. The van der Waals surface area contributed by atoms with Crippen LogP contribution in [-0.2, 0) is 32.0 Å². The van der Waals surface area contributed by atoms with E-state index in [4.69, 9.17) is 11.5 Å². The Labute approximate surface area is 244 Å². The van der Waals surface area contributed by atoms with Crippen LogP contribution in [-0.4, -0.2) is 76.6 Å². The second-order valence-electron chi connectivity index (χ2n) is 9.75. The van der Waals surface area contributed by atoms with Crippen molar-refractivity contribution in [2.45, 2.75) is 62.7 Å². The van der Waals surface area contributed by atoms with Crippen LogP contribution in [0.3, 0.4) is 0 Å². The summed E-state index contributed by atoms with van der Waals surface area (Å²) in [6.45, 7) is 0.416. The molecule has 11 nitrogen and oxygen atoms in total. The lowest BCUT2D eigenvalue weighted by molar-refractivity contribution is -0.142. The topological polar surface area (TPSA) is 197 Å². The predicted molar refractivity (Wildman–Crippen MR) is 159 cm³/mol. The Hall–Kier alpha value is -3.61. The number of carbonyl (C=O) groups is 4. The summed E-state index contributed by atoms with van der Waals surface area (Å²) in [5.74, 6) is -2.28. The third-order valence-corrected chi connectivity index (χ3v) is 7.09. The van der Waals surface area contributed by atoms with E-state index in [0.29, 0.717) is 25.1 Å². The molecule has 0 fully saturated rings. The van der Waals surface area contributed by atoms with Crippen LogP contribution in [0.5, 0.6) is 5.75 Å². The zero-order valence-electron chi connectivity index (χ0n) is 23.3. The summed E-state index contributed by atoms with van der Waals surface area (Å²) in [7, 11) is 0. The van der Waals surface area contributed by atoms with E-state index in [9.17, 15) is 29.4 Å². The molecule has 0 aliphatic carbocycles. The number of carboxylic acids is 1. The lowest BCUT2D eigenvalue weighted by Crippen LogP contribution is -2.57. The fourth-order valence-electron chi connectivity index (χ4n) is 4.12. The quantitative estimate of drug-likeness (QED) is 0.124. The summed E-state index contributed by atoms with van der Waals surface area (Å²) in [4.78, 5) is 51.4. The third kappa shape index (κ3) is 12.2. The first kappa shape index (κ1) is 33.6. The van der Waals surface area contributed by atoms with Crippen molar-refractivity contribution < 1.29 is 29.4 Å². The molecule has 0 heterocycles. The molecule has 0 aliphatic heterocycles. The monoisotopic (exact) mass is 587 g/mol. The van der Waals surface area contributed by atoms with Gasteiger partial charge in [0.2, 0.25) is 17.7 Å². The normalized spacial score (nSPS) is 13.8. The number of nitrogens with one attached hydrogen (secondary N) is 3. The van der Waals surface area contributed by atoms with Crippen LogP contribution in [0.1, 0.15) is 36.8 Å². The van der Waals surface area contributed by atoms with Gasteiger partial charge in [-0.05, 0) is 73.9 Å². The number of rotatable bonds is 18. The number of hydrogen-bond acceptors (Lipinski definition) is 8. The van der Waals surface area contributed by atoms with Crippen molar-refractivity contribution in [2.75, 3.05) is 18.6 Å². The molecule has 0 saturated carbocycles. The molecule has 12 heteroatoms. The molecule has 2 aromatic carbocycles. The van der Waals surface area contributed by atoms with Crippen molar-refractivity contribution in [3.05, 3.63) is 65.7 Å². The molecule has 0 aliphatic rings. The van der Waals surface area contributed by atoms with Crippen LogP contribution in [0.4, 0.5) is 0 Å². The lowest BCUT2D eigenvalue weighted by atomic mass is 10.0. The van der Waals surface area contributed by atoms with Crippen molar-refractivity contribution in [3.8, 4) is 5.75 Å². The first-order chi connectivity index (χ1) is 19.6. The molecule has 3 amide bonds. The Kier molecular flexibility index (Phi) is 14.7. The predicted octanol–water partition coefficient (Wildman–Crippen LogP) is 0.926. The zero-order chi connectivity index (χ0) is 30.2. The highest BCUT2D eigenvalue weighted by molar-refractivity contribution is 7.98. The van der Waals surface area contributed by atoms with E-state index < -0.39 is 47.9 Å². The van der Waals surface area contributed by atoms with Crippen LogP contribution in [0.15, 0.2) is 54.6 Å². The number of nitrogens with two attached hydrogens (primary N) is 2. The molecule has 0 spiro atoms. The molecule has 41 heavy (non-hydrogen) atoms. The van der Waals surface area contributed by atoms with Gasteiger partial charge in [0.1, 0.15) is 23.9 Å². The number of aromatic hydroxyl groups is 1. The second kappa shape index (κ2) is 17.9. The molecule has 0 aromatic heterocycles. The van der Waals surface area contributed by atoms with Gasteiger partial charge in [-0.3, -0.25) is 14.4 Å². The van der Waals surface area contributed by atoms with Gasteiger partial charge >= 0.3 is 5.97 Å². The van der Waals surface area contributed by atoms with E-state index in [-0.39, 0.29) is 31.4 Å². The summed E-state index contributed by atoms with van der Waals surface area (Å²) in [6, 6.07) is 11.3. The Bertz CT molecular complexity index is 1120. The van der Waals surface area contributed by atoms with Crippen molar-refractivity contribution in [1.82, 2.24) is 16.0 Å². The van der Waals surface area contributed by atoms with Crippen LogP contribution in [0, 0.1) is 0 Å². The second-order valence-corrected chi connectivity index (χ2v) is 10.7. The number of carboxylic acid groups (broad SMARTS) is 1. The van der Waals surface area contributed by atoms with E-state index in [2.05, 4.69) is 16.0 Å². The van der Waals surface area contributed by atoms with Gasteiger partial charge in [-0.2, -0.15) is 11.8 Å². The summed E-state index contributed by atoms with van der Waals surface area (Å²) < 4.78 is 0. The van der Waals surface area contributed by atoms with Gasteiger partial charge in [0, 0.05) is 6.42 Å². The number of phenols is 1. The highest BCUT2D eigenvalue weighted by atomic mass is 32.2. The van der Waals surface area contributed by atoms with Crippen LogP contribution >= 0.6 is 11.8 Å². The molecule has 4 atom stereocenters. The molecule has 0 bridgehead atoms. The number of unbranched alkanes of at least 4 members (excludes halogenated alkanes) is 1. The van der Waals surface area contributed by atoms with Gasteiger partial charge in [-0.15, -0.1) is 0 Å². The van der Waals surface area contributed by atoms with E-state index in [0.717, 1.165) is 11.1 Å². The maximum atomic E-state index is 13.5. The van der Waals surface area contributed by atoms with Gasteiger partial charge < -0.3 is 37.6 Å². The number of hydrogen-bond donors (Lipinski definition) is 7. The van der Waals surface area contributed by atoms with Crippen molar-refractivity contribution in [2.24, 2.45) is 11.5 Å². The molecule has 4 unspecified atom stereocenters. The van der Waals surface area contributed by atoms with Crippen molar-refractivity contribution in [3.63, 3.8) is 0 Å². The number of benzene rings is 2. The number of carbonyl (C=O) groups excluding carboxylic acids is 3. The van der Waals surface area contributed by atoms with Gasteiger partial charge in [-0.25, -0.2) is 4.79 Å². The van der Waals surface area contributed by atoms with Crippen LogP contribution in [0.25, 0.3) is 0 Å². The molecule has 2 rings (SSSR count). The van der Waals surface area contributed by atoms with E-state index in [1.165, 1.54) is 23.9 Å². The minimum Gasteiger partial charge on any atom is -0.508 e. The van der Waals surface area contributed by atoms with Gasteiger partial charge in [0.05, 0.1) is 6.04 Å². The maximum absolute atomic E-state index is 13.5. The maximum Gasteiger partial charge on any atom is 0.326 e. The largest absolute Gasteiger partial charge is 0.508 e. The standard InChI is InChI=1S/C29H41N5O6S/c1-41-16-14-23(27(37)33-24(29(39)40)9-5-6-15-30)32-28(38)25(18-19-7-3-2-4-8-19)34-26(36)22(31)17-20-10-12-21(35)13-11-20/h2-4,7-8,10-13,22-25,35H,5-6,9,14-18,30-31H2,1H3,(H,32,38)(H,33,37)(H,34,36)(H,39,40). The summed E-state index contributed by atoms with van der Waals surface area (Å²) in [6.07, 6.45) is 3.83. The van der Waals surface area contributed by atoms with Gasteiger partial charge in [0.15, 0.2) is 0 Å². The molecule has 224 valence electrons. The zero-order valence-corrected chi connectivity index (χ0v) is 24.1. The average Bonchev–Trinajstić information content (AvgIpc) is 2.95. The Balaban J connectivity index is 2.17.